The van der Waals surface area contributed by atoms with Crippen LogP contribution in [0.4, 0.5) is 0 Å². The Balaban J connectivity index is 2.15. The Hall–Kier alpha value is -1.89. The van der Waals surface area contributed by atoms with Gasteiger partial charge < -0.3 is 24.4 Å². The molecule has 0 radical (unpaired) electrons. The van der Waals surface area contributed by atoms with E-state index >= 15 is 0 Å². The Morgan fingerprint density at radius 3 is 2.62 bits per heavy atom. The lowest BCUT2D eigenvalue weighted by molar-refractivity contribution is -0.0869. The van der Waals surface area contributed by atoms with Crippen molar-refractivity contribution in [1.82, 2.24) is 0 Å². The first-order chi connectivity index (χ1) is 10.1. The van der Waals surface area contributed by atoms with Gasteiger partial charge in [0.1, 0.15) is 24.6 Å². The van der Waals surface area contributed by atoms with Gasteiger partial charge in [-0.2, -0.15) is 0 Å². The molecule has 6 heteroatoms. The van der Waals surface area contributed by atoms with E-state index in [0.29, 0.717) is 28.2 Å². The molecule has 2 N–H and O–H groups in total. The number of ether oxygens (including phenoxy) is 3. The van der Waals surface area contributed by atoms with Gasteiger partial charge in [-0.25, -0.2) is 0 Å². The second-order valence-corrected chi connectivity index (χ2v) is 5.06. The average Bonchev–Trinajstić information content (AvgIpc) is 2.88. The number of aliphatic hydroxyl groups is 2. The van der Waals surface area contributed by atoms with Gasteiger partial charge in [-0.05, 0) is 18.2 Å². The number of rotatable bonds is 3. The molecule has 0 fully saturated rings. The van der Waals surface area contributed by atoms with Crippen LogP contribution in [-0.4, -0.2) is 55.1 Å². The summed E-state index contributed by atoms with van der Waals surface area (Å²) in [7, 11) is 2.93. The fourth-order valence-electron chi connectivity index (χ4n) is 2.82. The molecule has 3 rings (SSSR count). The number of aliphatic hydroxyl groups excluding tert-OH is 2. The SMILES string of the molecule is COc1cc(C=O)cc2c1O[C@H]1C2=CC(OC)[C@@H](O)[C@@H]1O. The summed E-state index contributed by atoms with van der Waals surface area (Å²) in [5.74, 6) is 0.878. The van der Waals surface area contributed by atoms with Crippen molar-refractivity contribution in [2.24, 2.45) is 0 Å². The van der Waals surface area contributed by atoms with E-state index in [1.165, 1.54) is 14.2 Å². The summed E-state index contributed by atoms with van der Waals surface area (Å²) in [6.07, 6.45) is -1.09. The minimum Gasteiger partial charge on any atom is -0.493 e. The third-order valence-corrected chi connectivity index (χ3v) is 3.91. The number of hydrogen-bond donors (Lipinski definition) is 2. The van der Waals surface area contributed by atoms with Crippen LogP contribution in [-0.2, 0) is 4.74 Å². The zero-order chi connectivity index (χ0) is 15.1. The van der Waals surface area contributed by atoms with Gasteiger partial charge in [0, 0.05) is 23.8 Å². The van der Waals surface area contributed by atoms with E-state index < -0.39 is 24.4 Å². The number of fused-ring (bicyclic) bond motifs is 3. The molecule has 112 valence electrons. The van der Waals surface area contributed by atoms with Crippen molar-refractivity contribution in [3.05, 3.63) is 29.3 Å². The van der Waals surface area contributed by atoms with E-state index in [2.05, 4.69) is 0 Å². The van der Waals surface area contributed by atoms with Gasteiger partial charge in [-0.15, -0.1) is 0 Å². The minimum absolute atomic E-state index is 0.417. The zero-order valence-corrected chi connectivity index (χ0v) is 11.6. The third-order valence-electron chi connectivity index (χ3n) is 3.91. The van der Waals surface area contributed by atoms with Crippen molar-refractivity contribution in [2.45, 2.75) is 24.4 Å². The lowest BCUT2D eigenvalue weighted by atomic mass is 9.87. The fourth-order valence-corrected chi connectivity index (χ4v) is 2.82. The maximum Gasteiger partial charge on any atom is 0.169 e. The van der Waals surface area contributed by atoms with Gasteiger partial charge in [-0.3, -0.25) is 4.79 Å². The van der Waals surface area contributed by atoms with Gasteiger partial charge in [-0.1, -0.05) is 0 Å². The monoisotopic (exact) mass is 292 g/mol. The van der Waals surface area contributed by atoms with Crippen LogP contribution in [0.15, 0.2) is 18.2 Å². The van der Waals surface area contributed by atoms with Crippen LogP contribution in [0.25, 0.3) is 5.57 Å². The molecule has 6 nitrogen and oxygen atoms in total. The van der Waals surface area contributed by atoms with Crippen molar-refractivity contribution in [1.29, 1.82) is 0 Å². The number of carbonyl (C=O) groups excluding carboxylic acids is 1. The minimum atomic E-state index is -1.12. The molecule has 0 aromatic heterocycles. The quantitative estimate of drug-likeness (QED) is 0.785. The topological polar surface area (TPSA) is 85.2 Å². The summed E-state index contributed by atoms with van der Waals surface area (Å²) in [5.41, 5.74) is 1.82. The van der Waals surface area contributed by atoms with Crippen molar-refractivity contribution >= 4 is 11.9 Å². The highest BCUT2D eigenvalue weighted by molar-refractivity contribution is 5.86. The highest BCUT2D eigenvalue weighted by atomic mass is 16.5. The lowest BCUT2D eigenvalue weighted by Crippen LogP contribution is -2.49. The largest absolute Gasteiger partial charge is 0.493 e. The molecule has 1 aliphatic carbocycles. The average molecular weight is 292 g/mol. The summed E-state index contributed by atoms with van der Waals surface area (Å²) >= 11 is 0. The number of methoxy groups -OCH3 is 2. The standard InChI is InChI=1S/C15H16O6/c1-19-10-5-9-8-3-7(6-16)4-11(20-2)14(8)21-15(9)13(18)12(10)17/h3-6,10,12-13,15,17-18H,1-2H3/t10?,12-,13+,15+/m1/s1. The number of benzene rings is 1. The highest BCUT2D eigenvalue weighted by Gasteiger charge is 2.45. The summed E-state index contributed by atoms with van der Waals surface area (Å²) in [6, 6.07) is 3.24. The molecule has 2 aliphatic rings. The molecule has 0 amide bonds. The predicted molar refractivity (Wildman–Crippen MR) is 73.6 cm³/mol. The maximum absolute atomic E-state index is 11.0. The van der Waals surface area contributed by atoms with E-state index in [9.17, 15) is 15.0 Å². The Morgan fingerprint density at radius 2 is 2.00 bits per heavy atom. The Morgan fingerprint density at radius 1 is 1.24 bits per heavy atom. The zero-order valence-electron chi connectivity index (χ0n) is 11.6. The molecular weight excluding hydrogens is 276 g/mol. The van der Waals surface area contributed by atoms with Gasteiger partial charge in [0.15, 0.2) is 17.6 Å². The van der Waals surface area contributed by atoms with Crippen molar-refractivity contribution in [3.63, 3.8) is 0 Å². The predicted octanol–water partition coefficient (Wildman–Crippen LogP) is 0.402. The van der Waals surface area contributed by atoms with E-state index in [1.54, 1.807) is 18.2 Å². The summed E-state index contributed by atoms with van der Waals surface area (Å²) in [5, 5.41) is 20.2. The summed E-state index contributed by atoms with van der Waals surface area (Å²) in [4.78, 5) is 11.0. The van der Waals surface area contributed by atoms with Crippen molar-refractivity contribution in [2.75, 3.05) is 14.2 Å². The smallest absolute Gasteiger partial charge is 0.169 e. The van der Waals surface area contributed by atoms with E-state index in [0.717, 1.165) is 6.29 Å². The van der Waals surface area contributed by atoms with Gasteiger partial charge in [0.05, 0.1) is 7.11 Å². The van der Waals surface area contributed by atoms with E-state index in [-0.39, 0.29) is 0 Å². The Labute approximate surface area is 121 Å². The van der Waals surface area contributed by atoms with Gasteiger partial charge in [0.2, 0.25) is 0 Å². The van der Waals surface area contributed by atoms with Crippen molar-refractivity contribution < 1.29 is 29.2 Å². The molecule has 1 heterocycles. The lowest BCUT2D eigenvalue weighted by Gasteiger charge is -2.32. The van der Waals surface area contributed by atoms with Gasteiger partial charge in [0.25, 0.3) is 0 Å². The van der Waals surface area contributed by atoms with Gasteiger partial charge >= 0.3 is 0 Å². The fraction of sp³-hybridized carbons (Fsp3) is 0.400. The first-order valence-electron chi connectivity index (χ1n) is 6.55. The van der Waals surface area contributed by atoms with Crippen LogP contribution in [0, 0.1) is 0 Å². The molecule has 0 bridgehead atoms. The van der Waals surface area contributed by atoms with Crippen molar-refractivity contribution in [3.8, 4) is 11.5 Å². The molecular formula is C15H16O6. The summed E-state index contributed by atoms with van der Waals surface area (Å²) in [6.45, 7) is 0. The van der Waals surface area contributed by atoms with Crippen LogP contribution in [0.3, 0.4) is 0 Å². The molecule has 4 atom stereocenters. The second kappa shape index (κ2) is 5.14. The molecule has 21 heavy (non-hydrogen) atoms. The number of hydrogen-bond acceptors (Lipinski definition) is 6. The van der Waals surface area contributed by atoms with Crippen LogP contribution in [0.1, 0.15) is 15.9 Å². The third kappa shape index (κ3) is 2.03. The molecule has 1 aliphatic heterocycles. The first-order valence-corrected chi connectivity index (χ1v) is 6.55. The van der Waals surface area contributed by atoms with Crippen LogP contribution in [0.5, 0.6) is 11.5 Å². The molecule has 0 spiro atoms. The van der Waals surface area contributed by atoms with E-state index in [1.807, 2.05) is 0 Å². The van der Waals surface area contributed by atoms with Crippen LogP contribution in [0.2, 0.25) is 0 Å². The second-order valence-electron chi connectivity index (χ2n) is 5.06. The number of aldehydes is 1. The molecule has 1 aromatic carbocycles. The van der Waals surface area contributed by atoms with Crippen LogP contribution >= 0.6 is 0 Å². The Bertz CT molecular complexity index is 608. The molecule has 0 saturated heterocycles. The normalized spacial score (nSPS) is 30.0. The highest BCUT2D eigenvalue weighted by Crippen LogP contribution is 2.47. The first kappa shape index (κ1) is 14.1. The molecule has 1 aromatic rings. The van der Waals surface area contributed by atoms with Crippen LogP contribution < -0.4 is 9.47 Å². The Kier molecular flexibility index (Phi) is 3.44. The van der Waals surface area contributed by atoms with E-state index in [4.69, 9.17) is 14.2 Å². The molecule has 0 saturated carbocycles. The number of carbonyl (C=O) groups is 1. The summed E-state index contributed by atoms with van der Waals surface area (Å²) < 4.78 is 16.1. The molecule has 1 unspecified atom stereocenters. The maximum atomic E-state index is 11.0.